The first-order chi connectivity index (χ1) is 16.7. The Morgan fingerprint density at radius 2 is 1.00 bits per heavy atom. The highest BCUT2D eigenvalue weighted by atomic mass is 16.3. The summed E-state index contributed by atoms with van der Waals surface area (Å²) in [5.74, 6) is 0.122. The monoisotopic (exact) mass is 484 g/mol. The largest absolute Gasteiger partial charge is 0.394 e. The van der Waals surface area contributed by atoms with Crippen molar-refractivity contribution in [3.8, 4) is 0 Å². The van der Waals surface area contributed by atoms with Crippen molar-refractivity contribution in [2.24, 2.45) is 0 Å². The molecule has 0 aromatic heterocycles. The molecule has 204 valence electrons. The number of aliphatic hydroxyl groups excluding tert-OH is 2. The van der Waals surface area contributed by atoms with Crippen LogP contribution in [0.15, 0.2) is 0 Å². The fourth-order valence-corrected chi connectivity index (χ4v) is 4.46. The van der Waals surface area contributed by atoms with Crippen LogP contribution in [0.3, 0.4) is 0 Å². The van der Waals surface area contributed by atoms with Gasteiger partial charge in [0.25, 0.3) is 0 Å². The molecule has 1 unspecified atom stereocenters. The van der Waals surface area contributed by atoms with Crippen LogP contribution >= 0.6 is 0 Å². The SMILES string of the molecule is CCCCCCCCCCCCN(CCCCCCCCCCCC)C(=O)CNCC(O)CO. The maximum Gasteiger partial charge on any atom is 0.236 e. The number of hydrogen-bond acceptors (Lipinski definition) is 4. The quantitative estimate of drug-likeness (QED) is 0.115. The van der Waals surface area contributed by atoms with Crippen molar-refractivity contribution in [3.05, 3.63) is 0 Å². The van der Waals surface area contributed by atoms with E-state index in [1.807, 2.05) is 4.90 Å². The average molecular weight is 485 g/mol. The number of nitrogens with one attached hydrogen (secondary N) is 1. The third kappa shape index (κ3) is 23.1. The second kappa shape index (κ2) is 26.9. The van der Waals surface area contributed by atoms with Crippen LogP contribution in [0.25, 0.3) is 0 Å². The van der Waals surface area contributed by atoms with Crippen molar-refractivity contribution < 1.29 is 15.0 Å². The first kappa shape index (κ1) is 33.4. The molecule has 1 atom stereocenters. The summed E-state index contributed by atoms with van der Waals surface area (Å²) in [6, 6.07) is 0. The molecule has 0 aromatic rings. The van der Waals surface area contributed by atoms with Gasteiger partial charge >= 0.3 is 0 Å². The van der Waals surface area contributed by atoms with E-state index < -0.39 is 6.10 Å². The van der Waals surface area contributed by atoms with Gasteiger partial charge in [-0.2, -0.15) is 0 Å². The molecule has 0 heterocycles. The zero-order valence-corrected chi connectivity index (χ0v) is 23.0. The molecule has 3 N–H and O–H groups in total. The summed E-state index contributed by atoms with van der Waals surface area (Å²) in [5.41, 5.74) is 0. The van der Waals surface area contributed by atoms with Crippen LogP contribution in [0.2, 0.25) is 0 Å². The van der Waals surface area contributed by atoms with Gasteiger partial charge in [-0.1, -0.05) is 129 Å². The second-order valence-corrected chi connectivity index (χ2v) is 10.2. The fourth-order valence-electron chi connectivity index (χ4n) is 4.46. The third-order valence-corrected chi connectivity index (χ3v) is 6.78. The molecule has 0 aliphatic heterocycles. The molecule has 0 fully saturated rings. The summed E-state index contributed by atoms with van der Waals surface area (Å²) in [6.07, 6.45) is 25.3. The first-order valence-electron chi connectivity index (χ1n) is 14.9. The fraction of sp³-hybridized carbons (Fsp3) is 0.966. The molecule has 0 saturated carbocycles. The minimum absolute atomic E-state index is 0.122. The Labute approximate surface area is 212 Å². The Morgan fingerprint density at radius 3 is 1.35 bits per heavy atom. The van der Waals surface area contributed by atoms with Crippen molar-refractivity contribution >= 4 is 5.91 Å². The van der Waals surface area contributed by atoms with Gasteiger partial charge in [0, 0.05) is 19.6 Å². The molecule has 0 aliphatic carbocycles. The van der Waals surface area contributed by atoms with Gasteiger partial charge in [-0.05, 0) is 12.8 Å². The molecule has 0 bridgehead atoms. The van der Waals surface area contributed by atoms with Crippen LogP contribution in [0.4, 0.5) is 0 Å². The average Bonchev–Trinajstić information content (AvgIpc) is 2.84. The number of hydrogen-bond donors (Lipinski definition) is 3. The Kier molecular flexibility index (Phi) is 26.4. The van der Waals surface area contributed by atoms with Gasteiger partial charge in [0.1, 0.15) is 0 Å². The topological polar surface area (TPSA) is 72.8 Å². The van der Waals surface area contributed by atoms with Crippen LogP contribution in [0.5, 0.6) is 0 Å². The van der Waals surface area contributed by atoms with Gasteiger partial charge < -0.3 is 20.4 Å². The summed E-state index contributed by atoms with van der Waals surface area (Å²) < 4.78 is 0. The number of amides is 1. The summed E-state index contributed by atoms with van der Waals surface area (Å²) in [6.45, 7) is 6.44. The van der Waals surface area contributed by atoms with E-state index in [-0.39, 0.29) is 25.6 Å². The van der Waals surface area contributed by atoms with E-state index in [2.05, 4.69) is 19.2 Å². The molecule has 5 nitrogen and oxygen atoms in total. The molecule has 1 amide bonds. The van der Waals surface area contributed by atoms with Crippen molar-refractivity contribution in [2.75, 3.05) is 32.8 Å². The molecule has 34 heavy (non-hydrogen) atoms. The first-order valence-corrected chi connectivity index (χ1v) is 14.9. The van der Waals surface area contributed by atoms with Crippen LogP contribution in [0, 0.1) is 0 Å². The summed E-state index contributed by atoms with van der Waals surface area (Å²) >= 11 is 0. The highest BCUT2D eigenvalue weighted by molar-refractivity contribution is 5.78. The molecule has 0 aromatic carbocycles. The minimum Gasteiger partial charge on any atom is -0.394 e. The van der Waals surface area contributed by atoms with Crippen molar-refractivity contribution in [1.29, 1.82) is 0 Å². The smallest absolute Gasteiger partial charge is 0.236 e. The minimum atomic E-state index is -0.801. The number of carbonyl (C=O) groups excluding carboxylic acids is 1. The lowest BCUT2D eigenvalue weighted by Crippen LogP contribution is -2.41. The second-order valence-electron chi connectivity index (χ2n) is 10.2. The van der Waals surface area contributed by atoms with Crippen LogP contribution in [-0.2, 0) is 4.79 Å². The summed E-state index contributed by atoms with van der Waals surface area (Å²) in [4.78, 5) is 14.7. The number of nitrogens with zero attached hydrogens (tertiary/aromatic N) is 1. The van der Waals surface area contributed by atoms with E-state index in [9.17, 15) is 9.90 Å². The van der Waals surface area contributed by atoms with E-state index >= 15 is 0 Å². The van der Waals surface area contributed by atoms with Crippen molar-refractivity contribution in [1.82, 2.24) is 10.2 Å². The number of unbranched alkanes of at least 4 members (excludes halogenated alkanes) is 18. The highest BCUT2D eigenvalue weighted by Gasteiger charge is 2.13. The summed E-state index contributed by atoms with van der Waals surface area (Å²) in [5, 5.41) is 21.4. The van der Waals surface area contributed by atoms with E-state index in [0.29, 0.717) is 0 Å². The molecule has 0 radical (unpaired) electrons. The number of aliphatic hydroxyl groups is 2. The van der Waals surface area contributed by atoms with Gasteiger partial charge in [0.05, 0.1) is 19.3 Å². The lowest BCUT2D eigenvalue weighted by atomic mass is 10.1. The zero-order valence-electron chi connectivity index (χ0n) is 23.0. The predicted molar refractivity (Wildman–Crippen MR) is 146 cm³/mol. The Morgan fingerprint density at radius 1 is 0.647 bits per heavy atom. The van der Waals surface area contributed by atoms with E-state index in [0.717, 1.165) is 25.9 Å². The lowest BCUT2D eigenvalue weighted by Gasteiger charge is -2.23. The summed E-state index contributed by atoms with van der Waals surface area (Å²) in [7, 11) is 0. The van der Waals surface area contributed by atoms with E-state index in [1.54, 1.807) is 0 Å². The molecular formula is C29H60N2O3. The molecule has 0 spiro atoms. The number of carbonyl (C=O) groups is 1. The van der Waals surface area contributed by atoms with Gasteiger partial charge in [-0.3, -0.25) is 4.79 Å². The van der Waals surface area contributed by atoms with Gasteiger partial charge in [0.2, 0.25) is 5.91 Å². The van der Waals surface area contributed by atoms with E-state index in [1.165, 1.54) is 116 Å². The van der Waals surface area contributed by atoms with Gasteiger partial charge in [-0.25, -0.2) is 0 Å². The van der Waals surface area contributed by atoms with Crippen LogP contribution in [0.1, 0.15) is 142 Å². The maximum absolute atomic E-state index is 12.7. The van der Waals surface area contributed by atoms with Crippen molar-refractivity contribution in [3.63, 3.8) is 0 Å². The molecule has 0 rings (SSSR count). The number of rotatable bonds is 27. The third-order valence-electron chi connectivity index (χ3n) is 6.78. The van der Waals surface area contributed by atoms with Crippen molar-refractivity contribution in [2.45, 2.75) is 148 Å². The van der Waals surface area contributed by atoms with Gasteiger partial charge in [0.15, 0.2) is 0 Å². The normalized spacial score (nSPS) is 12.2. The van der Waals surface area contributed by atoms with Crippen LogP contribution in [-0.4, -0.2) is 59.9 Å². The maximum atomic E-state index is 12.7. The lowest BCUT2D eigenvalue weighted by molar-refractivity contribution is -0.130. The Bertz CT molecular complexity index is 396. The standard InChI is InChI=1S/C29H60N2O3/c1-3-5-7-9-11-13-15-17-19-21-23-31(29(34)26-30-25-28(33)27-32)24-22-20-18-16-14-12-10-8-6-4-2/h28,30,32-33H,3-27H2,1-2H3. The van der Waals surface area contributed by atoms with Gasteiger partial charge in [-0.15, -0.1) is 0 Å². The Balaban J connectivity index is 4.03. The predicted octanol–water partition coefficient (Wildman–Crippen LogP) is 6.60. The van der Waals surface area contributed by atoms with Crippen LogP contribution < -0.4 is 5.32 Å². The molecule has 5 heteroatoms. The van der Waals surface area contributed by atoms with E-state index in [4.69, 9.17) is 5.11 Å². The molecular weight excluding hydrogens is 424 g/mol. The Hall–Kier alpha value is -0.650. The molecule has 0 saturated heterocycles. The zero-order chi connectivity index (χ0) is 25.1. The highest BCUT2D eigenvalue weighted by Crippen LogP contribution is 2.13. The molecule has 0 aliphatic rings.